The molecule has 0 saturated carbocycles. The summed E-state index contributed by atoms with van der Waals surface area (Å²) >= 11 is 1.76. The second-order valence-corrected chi connectivity index (χ2v) is 4.94. The van der Waals surface area contributed by atoms with Crippen molar-refractivity contribution < 1.29 is 14.6 Å². The summed E-state index contributed by atoms with van der Waals surface area (Å²) in [6.45, 7) is 1.52. The minimum absolute atomic E-state index is 0.0365. The normalized spacial score (nSPS) is 10.4. The Morgan fingerprint density at radius 2 is 2.05 bits per heavy atom. The van der Waals surface area contributed by atoms with Gasteiger partial charge in [-0.2, -0.15) is 11.8 Å². The molecule has 0 aliphatic carbocycles. The van der Waals surface area contributed by atoms with Gasteiger partial charge in [0.2, 0.25) is 0 Å². The molecule has 4 nitrogen and oxygen atoms in total. The zero-order valence-corrected chi connectivity index (χ0v) is 12.0. The fourth-order valence-corrected chi connectivity index (χ4v) is 2.09. The fourth-order valence-electron chi connectivity index (χ4n) is 1.56. The molecule has 0 aliphatic rings. The number of aliphatic hydroxyl groups excluding tert-OH is 1. The Bertz CT molecular complexity index is 367. The maximum Gasteiger partial charge on any atom is 0.251 e. The number of ether oxygens (including phenoxy) is 1. The first kappa shape index (κ1) is 16.0. The van der Waals surface area contributed by atoms with Crippen LogP contribution in [0.25, 0.3) is 0 Å². The summed E-state index contributed by atoms with van der Waals surface area (Å²) in [6, 6.07) is 7.66. The van der Waals surface area contributed by atoms with Gasteiger partial charge in [-0.3, -0.25) is 4.79 Å². The molecular weight excluding hydrogens is 262 g/mol. The number of carbonyl (C=O) groups is 1. The summed E-state index contributed by atoms with van der Waals surface area (Å²) in [7, 11) is 0. The third-order valence-corrected chi connectivity index (χ3v) is 3.14. The van der Waals surface area contributed by atoms with Gasteiger partial charge in [-0.25, -0.2) is 0 Å². The monoisotopic (exact) mass is 283 g/mol. The fraction of sp³-hybridized carbons (Fsp3) is 0.500. The van der Waals surface area contributed by atoms with Crippen LogP contribution >= 0.6 is 11.8 Å². The molecule has 2 N–H and O–H groups in total. The lowest BCUT2D eigenvalue weighted by Crippen LogP contribution is -2.25. The van der Waals surface area contributed by atoms with Crippen LogP contribution in [0.15, 0.2) is 24.3 Å². The predicted octanol–water partition coefficient (Wildman–Crippen LogP) is 1.68. The van der Waals surface area contributed by atoms with Crippen molar-refractivity contribution in [3.63, 3.8) is 0 Å². The Morgan fingerprint density at radius 3 is 2.68 bits per heavy atom. The molecule has 0 bridgehead atoms. The first-order valence-corrected chi connectivity index (χ1v) is 7.72. The maximum atomic E-state index is 11.8. The van der Waals surface area contributed by atoms with Gasteiger partial charge >= 0.3 is 0 Å². The summed E-state index contributed by atoms with van der Waals surface area (Å²) in [5, 5.41) is 11.4. The van der Waals surface area contributed by atoms with Crippen molar-refractivity contribution in [1.29, 1.82) is 0 Å². The van der Waals surface area contributed by atoms with Crippen molar-refractivity contribution in [2.75, 3.05) is 32.6 Å². The highest BCUT2D eigenvalue weighted by Gasteiger charge is 2.04. The average Bonchev–Trinajstić information content (AvgIpc) is 2.43. The van der Waals surface area contributed by atoms with Crippen LogP contribution in [0, 0.1) is 0 Å². The molecule has 1 aromatic carbocycles. The minimum Gasteiger partial charge on any atom is -0.394 e. The van der Waals surface area contributed by atoms with Gasteiger partial charge in [0.25, 0.3) is 5.91 Å². The molecule has 1 rings (SSSR count). The Morgan fingerprint density at radius 1 is 1.32 bits per heavy atom. The molecule has 1 amide bonds. The lowest BCUT2D eigenvalue weighted by molar-refractivity contribution is 0.0867. The largest absolute Gasteiger partial charge is 0.394 e. The van der Waals surface area contributed by atoms with E-state index in [1.54, 1.807) is 11.8 Å². The van der Waals surface area contributed by atoms with E-state index in [9.17, 15) is 4.79 Å². The first-order valence-electron chi connectivity index (χ1n) is 6.32. The van der Waals surface area contributed by atoms with Crippen molar-refractivity contribution in [1.82, 2.24) is 5.32 Å². The summed E-state index contributed by atoms with van der Waals surface area (Å²) in [5.41, 5.74) is 1.91. The van der Waals surface area contributed by atoms with Crippen LogP contribution in [-0.2, 0) is 10.5 Å². The molecule has 0 fully saturated rings. The van der Waals surface area contributed by atoms with E-state index in [0.29, 0.717) is 25.3 Å². The van der Waals surface area contributed by atoms with Gasteiger partial charge in [0, 0.05) is 24.5 Å². The number of hydrogen-bond donors (Lipinski definition) is 2. The Kier molecular flexibility index (Phi) is 8.29. The summed E-state index contributed by atoms with van der Waals surface area (Å²) in [4.78, 5) is 11.8. The smallest absolute Gasteiger partial charge is 0.251 e. The number of thioether (sulfide) groups is 1. The maximum absolute atomic E-state index is 11.8. The van der Waals surface area contributed by atoms with Crippen molar-refractivity contribution in [3.8, 4) is 0 Å². The molecule has 0 aliphatic heterocycles. The first-order chi connectivity index (χ1) is 9.27. The molecule has 0 radical (unpaired) electrons. The molecule has 19 heavy (non-hydrogen) atoms. The zero-order valence-electron chi connectivity index (χ0n) is 11.2. The molecule has 1 aromatic rings. The van der Waals surface area contributed by atoms with E-state index in [-0.39, 0.29) is 12.5 Å². The number of hydrogen-bond acceptors (Lipinski definition) is 4. The van der Waals surface area contributed by atoms with Crippen LogP contribution in [0.5, 0.6) is 0 Å². The van der Waals surface area contributed by atoms with E-state index in [4.69, 9.17) is 9.84 Å². The highest BCUT2D eigenvalue weighted by atomic mass is 32.2. The Hall–Kier alpha value is -1.04. The van der Waals surface area contributed by atoms with E-state index in [2.05, 4.69) is 11.6 Å². The number of amides is 1. The number of rotatable bonds is 9. The number of benzene rings is 1. The van der Waals surface area contributed by atoms with E-state index < -0.39 is 0 Å². The number of carbonyl (C=O) groups excluding carboxylic acids is 1. The summed E-state index contributed by atoms with van der Waals surface area (Å²) in [5.74, 6) is 0.905. The quantitative estimate of drug-likeness (QED) is 0.677. The van der Waals surface area contributed by atoms with Gasteiger partial charge < -0.3 is 15.2 Å². The van der Waals surface area contributed by atoms with Gasteiger partial charge in [-0.05, 0) is 30.4 Å². The van der Waals surface area contributed by atoms with Gasteiger partial charge in [0.15, 0.2) is 0 Å². The average molecular weight is 283 g/mol. The van der Waals surface area contributed by atoms with E-state index in [0.717, 1.165) is 12.2 Å². The summed E-state index contributed by atoms with van der Waals surface area (Å²) in [6.07, 6.45) is 2.80. The van der Waals surface area contributed by atoms with E-state index in [1.807, 2.05) is 24.3 Å². The van der Waals surface area contributed by atoms with Crippen LogP contribution in [-0.4, -0.2) is 43.6 Å². The molecule has 5 heteroatoms. The van der Waals surface area contributed by atoms with Crippen molar-refractivity contribution in [3.05, 3.63) is 35.4 Å². The zero-order chi connectivity index (χ0) is 13.9. The van der Waals surface area contributed by atoms with E-state index >= 15 is 0 Å². The highest BCUT2D eigenvalue weighted by Crippen LogP contribution is 2.10. The van der Waals surface area contributed by atoms with Crippen molar-refractivity contribution in [2.24, 2.45) is 0 Å². The van der Waals surface area contributed by atoms with Crippen LogP contribution in [0.4, 0.5) is 0 Å². The van der Waals surface area contributed by atoms with Crippen LogP contribution < -0.4 is 5.32 Å². The second-order valence-electron chi connectivity index (χ2n) is 4.08. The van der Waals surface area contributed by atoms with Crippen molar-refractivity contribution in [2.45, 2.75) is 12.2 Å². The third-order valence-electron chi connectivity index (χ3n) is 2.51. The SMILES string of the molecule is CSCc1ccc(C(=O)NCCCOCCO)cc1. The molecule has 106 valence electrons. The molecule has 0 heterocycles. The topological polar surface area (TPSA) is 58.6 Å². The summed E-state index contributed by atoms with van der Waals surface area (Å²) < 4.78 is 5.11. The standard InChI is InChI=1S/C14H21NO3S/c1-19-11-12-3-5-13(6-4-12)14(17)15-7-2-9-18-10-8-16/h3-6,16H,2,7-11H2,1H3,(H,15,17). The predicted molar refractivity (Wildman–Crippen MR) is 78.5 cm³/mol. The van der Waals surface area contributed by atoms with Gasteiger partial charge in [-0.15, -0.1) is 0 Å². The van der Waals surface area contributed by atoms with Crippen LogP contribution in [0.2, 0.25) is 0 Å². The second kappa shape index (κ2) is 9.83. The lowest BCUT2D eigenvalue weighted by atomic mass is 10.1. The molecule has 0 unspecified atom stereocenters. The molecule has 0 aromatic heterocycles. The van der Waals surface area contributed by atoms with E-state index in [1.165, 1.54) is 5.56 Å². The Balaban J connectivity index is 2.25. The van der Waals surface area contributed by atoms with Gasteiger partial charge in [0.05, 0.1) is 13.2 Å². The van der Waals surface area contributed by atoms with Gasteiger partial charge in [-0.1, -0.05) is 12.1 Å². The molecule has 0 spiro atoms. The van der Waals surface area contributed by atoms with Crippen LogP contribution in [0.1, 0.15) is 22.3 Å². The highest BCUT2D eigenvalue weighted by molar-refractivity contribution is 7.97. The lowest BCUT2D eigenvalue weighted by Gasteiger charge is -2.06. The Labute approximate surface area is 118 Å². The molecular formula is C14H21NO3S. The molecule has 0 saturated heterocycles. The third kappa shape index (κ3) is 6.61. The molecule has 0 atom stereocenters. The minimum atomic E-state index is -0.0575. The van der Waals surface area contributed by atoms with Gasteiger partial charge in [0.1, 0.15) is 0 Å². The number of nitrogens with one attached hydrogen (secondary N) is 1. The number of aliphatic hydroxyl groups is 1. The van der Waals surface area contributed by atoms with Crippen LogP contribution in [0.3, 0.4) is 0 Å². The van der Waals surface area contributed by atoms with Crippen molar-refractivity contribution >= 4 is 17.7 Å².